The molecule has 21 heavy (non-hydrogen) atoms. The highest BCUT2D eigenvalue weighted by atomic mass is 35.5. The Labute approximate surface area is 130 Å². The van der Waals surface area contributed by atoms with Crippen molar-refractivity contribution in [1.82, 2.24) is 10.4 Å². The number of rotatable bonds is 5. The van der Waals surface area contributed by atoms with Crippen molar-refractivity contribution in [2.45, 2.75) is 30.6 Å². The van der Waals surface area contributed by atoms with Gasteiger partial charge in [0.25, 0.3) is 0 Å². The van der Waals surface area contributed by atoms with E-state index in [1.807, 2.05) is 5.01 Å². The average molecular weight is 331 g/mol. The first kappa shape index (κ1) is 16.3. The van der Waals surface area contributed by atoms with Crippen LogP contribution in [0.5, 0.6) is 0 Å². The number of nitrogens with zero attached hydrogens (tertiary/aromatic N) is 1. The van der Waals surface area contributed by atoms with Gasteiger partial charge in [-0.05, 0) is 25.0 Å². The number of amides is 1. The normalized spacial score (nSPS) is 16.6. The number of halogens is 1. The highest BCUT2D eigenvalue weighted by Crippen LogP contribution is 2.22. The largest absolute Gasteiger partial charge is 0.289 e. The van der Waals surface area contributed by atoms with Crippen LogP contribution < -0.4 is 5.43 Å². The highest BCUT2D eigenvalue weighted by molar-refractivity contribution is 7.91. The number of hydrazine groups is 1. The third kappa shape index (κ3) is 4.69. The number of nitrogens with one attached hydrogen (secondary N) is 1. The van der Waals surface area contributed by atoms with Gasteiger partial charge in [-0.15, -0.1) is 0 Å². The van der Waals surface area contributed by atoms with Gasteiger partial charge >= 0.3 is 0 Å². The zero-order chi connectivity index (χ0) is 15.3. The van der Waals surface area contributed by atoms with Crippen molar-refractivity contribution < 1.29 is 13.2 Å². The Morgan fingerprint density at radius 3 is 2.52 bits per heavy atom. The lowest BCUT2D eigenvalue weighted by Crippen LogP contribution is -2.45. The Kier molecular flexibility index (Phi) is 5.61. The maximum atomic E-state index is 12.2. The monoisotopic (exact) mass is 330 g/mol. The molecule has 0 aliphatic carbocycles. The van der Waals surface area contributed by atoms with Gasteiger partial charge in [0.1, 0.15) is 0 Å². The second-order valence-electron chi connectivity index (χ2n) is 5.08. The van der Waals surface area contributed by atoms with E-state index in [1.165, 1.54) is 18.6 Å². The topological polar surface area (TPSA) is 66.5 Å². The summed E-state index contributed by atoms with van der Waals surface area (Å²) in [4.78, 5) is 11.9. The number of benzene rings is 1. The molecule has 0 bridgehead atoms. The molecular weight excluding hydrogens is 312 g/mol. The summed E-state index contributed by atoms with van der Waals surface area (Å²) in [5.41, 5.74) is 2.75. The molecule has 1 amide bonds. The second-order valence-corrected chi connectivity index (χ2v) is 7.57. The predicted octanol–water partition coefficient (Wildman–Crippen LogP) is 2.02. The second kappa shape index (κ2) is 7.24. The van der Waals surface area contributed by atoms with E-state index in [1.54, 1.807) is 12.1 Å². The third-order valence-corrected chi connectivity index (χ3v) is 5.62. The summed E-state index contributed by atoms with van der Waals surface area (Å²) in [6.45, 7) is 1.64. The zero-order valence-electron chi connectivity index (χ0n) is 11.7. The average Bonchev–Trinajstić information content (AvgIpc) is 2.47. The molecule has 0 radical (unpaired) electrons. The van der Waals surface area contributed by atoms with E-state index in [-0.39, 0.29) is 28.0 Å². The number of hydrogen-bond acceptors (Lipinski definition) is 4. The Bertz CT molecular complexity index is 598. The van der Waals surface area contributed by atoms with Gasteiger partial charge in [0.05, 0.1) is 15.7 Å². The van der Waals surface area contributed by atoms with E-state index >= 15 is 0 Å². The van der Waals surface area contributed by atoms with E-state index in [9.17, 15) is 13.2 Å². The van der Waals surface area contributed by atoms with E-state index in [2.05, 4.69) is 5.43 Å². The summed E-state index contributed by atoms with van der Waals surface area (Å²) in [6.07, 6.45) is 3.22. The molecule has 0 atom stereocenters. The summed E-state index contributed by atoms with van der Waals surface area (Å²) in [5.74, 6) is -0.510. The van der Waals surface area contributed by atoms with Crippen LogP contribution in [0.1, 0.15) is 25.7 Å². The van der Waals surface area contributed by atoms with Gasteiger partial charge in [0.15, 0.2) is 9.84 Å². The molecule has 1 aromatic rings. The molecule has 5 nitrogen and oxygen atoms in total. The van der Waals surface area contributed by atoms with E-state index < -0.39 is 9.84 Å². The Morgan fingerprint density at radius 1 is 1.19 bits per heavy atom. The number of carbonyl (C=O) groups is 1. The van der Waals surface area contributed by atoms with Crippen LogP contribution in [-0.4, -0.2) is 38.2 Å². The van der Waals surface area contributed by atoms with Crippen molar-refractivity contribution in [3.05, 3.63) is 29.3 Å². The summed E-state index contributed by atoms with van der Waals surface area (Å²) >= 11 is 5.89. The lowest BCUT2D eigenvalue weighted by molar-refractivity contribution is -0.125. The van der Waals surface area contributed by atoms with Gasteiger partial charge < -0.3 is 0 Å². The predicted molar refractivity (Wildman–Crippen MR) is 81.7 cm³/mol. The van der Waals surface area contributed by atoms with Gasteiger partial charge in [-0.25, -0.2) is 13.4 Å². The van der Waals surface area contributed by atoms with Crippen LogP contribution in [0.3, 0.4) is 0 Å². The minimum absolute atomic E-state index is 0.0654. The third-order valence-electron chi connectivity index (χ3n) is 3.41. The molecule has 0 spiro atoms. The Hall–Kier alpha value is -1.11. The number of hydrogen-bond donors (Lipinski definition) is 1. The molecule has 1 aliphatic rings. The molecule has 0 saturated carbocycles. The zero-order valence-corrected chi connectivity index (χ0v) is 13.3. The Balaban J connectivity index is 1.89. The van der Waals surface area contributed by atoms with Crippen LogP contribution in [-0.2, 0) is 14.6 Å². The molecule has 1 saturated heterocycles. The minimum atomic E-state index is -3.54. The summed E-state index contributed by atoms with van der Waals surface area (Å²) < 4.78 is 24.3. The van der Waals surface area contributed by atoms with Gasteiger partial charge in [-0.3, -0.25) is 10.2 Å². The van der Waals surface area contributed by atoms with Crippen molar-refractivity contribution in [3.63, 3.8) is 0 Å². The first-order valence-corrected chi connectivity index (χ1v) is 9.04. The van der Waals surface area contributed by atoms with Crippen LogP contribution in [0.15, 0.2) is 29.2 Å². The van der Waals surface area contributed by atoms with Crippen molar-refractivity contribution in [3.8, 4) is 0 Å². The van der Waals surface area contributed by atoms with Gasteiger partial charge in [-0.2, -0.15) is 0 Å². The molecule has 7 heteroatoms. The van der Waals surface area contributed by atoms with Crippen LogP contribution in [0.25, 0.3) is 0 Å². The number of sulfone groups is 1. The molecule has 1 aromatic carbocycles. The molecular formula is C14H19ClN2O3S. The fourth-order valence-corrected chi connectivity index (χ4v) is 4.09. The quantitative estimate of drug-likeness (QED) is 0.897. The van der Waals surface area contributed by atoms with Crippen LogP contribution in [0.4, 0.5) is 0 Å². The van der Waals surface area contributed by atoms with Crippen molar-refractivity contribution >= 4 is 27.3 Å². The standard InChI is InChI=1S/C14H19ClN2O3S/c15-12-6-2-3-7-13(12)21(19,20)11-8-14(18)16-17-9-4-1-5-10-17/h2-3,6-7H,1,4-5,8-11H2,(H,16,18). The SMILES string of the molecule is O=C(CCS(=O)(=O)c1ccccc1Cl)NN1CCCCC1. The van der Waals surface area contributed by atoms with Gasteiger partial charge in [-0.1, -0.05) is 30.2 Å². The summed E-state index contributed by atoms with van der Waals surface area (Å²) in [5, 5.41) is 2.04. The summed E-state index contributed by atoms with van der Waals surface area (Å²) in [6, 6.07) is 6.28. The first-order chi connectivity index (χ1) is 9.99. The van der Waals surface area contributed by atoms with Crippen molar-refractivity contribution in [2.24, 2.45) is 0 Å². The minimum Gasteiger partial charge on any atom is -0.289 e. The van der Waals surface area contributed by atoms with Gasteiger partial charge in [0.2, 0.25) is 5.91 Å². The van der Waals surface area contributed by atoms with Crippen LogP contribution in [0.2, 0.25) is 5.02 Å². The van der Waals surface area contributed by atoms with E-state index in [4.69, 9.17) is 11.6 Å². The maximum Gasteiger partial charge on any atom is 0.235 e. The molecule has 116 valence electrons. The van der Waals surface area contributed by atoms with E-state index in [0.717, 1.165) is 25.9 Å². The summed E-state index contributed by atoms with van der Waals surface area (Å²) in [7, 11) is -3.54. The van der Waals surface area contributed by atoms with Crippen LogP contribution in [0, 0.1) is 0 Å². The fraction of sp³-hybridized carbons (Fsp3) is 0.500. The fourth-order valence-electron chi connectivity index (χ4n) is 2.27. The molecule has 1 N–H and O–H groups in total. The molecule has 0 unspecified atom stereocenters. The van der Waals surface area contributed by atoms with Crippen LogP contribution >= 0.6 is 11.6 Å². The molecule has 1 fully saturated rings. The lowest BCUT2D eigenvalue weighted by Gasteiger charge is -2.26. The van der Waals surface area contributed by atoms with Crippen molar-refractivity contribution in [1.29, 1.82) is 0 Å². The molecule has 2 rings (SSSR count). The van der Waals surface area contributed by atoms with Gasteiger partial charge in [0, 0.05) is 19.5 Å². The highest BCUT2D eigenvalue weighted by Gasteiger charge is 2.20. The smallest absolute Gasteiger partial charge is 0.235 e. The first-order valence-electron chi connectivity index (χ1n) is 7.01. The lowest BCUT2D eigenvalue weighted by atomic mass is 10.2. The molecule has 1 aliphatic heterocycles. The number of carbonyl (C=O) groups excluding carboxylic acids is 1. The molecule has 1 heterocycles. The Morgan fingerprint density at radius 2 is 1.86 bits per heavy atom. The number of piperidine rings is 1. The maximum absolute atomic E-state index is 12.2. The van der Waals surface area contributed by atoms with E-state index in [0.29, 0.717) is 0 Å². The van der Waals surface area contributed by atoms with Crippen molar-refractivity contribution in [2.75, 3.05) is 18.8 Å². The molecule has 0 aromatic heterocycles.